The Morgan fingerprint density at radius 3 is 1.83 bits per heavy atom. The molecule has 0 aliphatic heterocycles. The second-order valence-electron chi connectivity index (χ2n) is 14.1. The molecule has 5 aromatic carbocycles. The average Bonchev–Trinajstić information content (AvgIpc) is 3.28. The van der Waals surface area contributed by atoms with Crippen LogP contribution in [0.2, 0.25) is 0 Å². The molecule has 6 amide bonds. The van der Waals surface area contributed by atoms with Crippen LogP contribution < -0.4 is 37.1 Å². The number of phenols is 1. The summed E-state index contributed by atoms with van der Waals surface area (Å²) in [7, 11) is 0. The van der Waals surface area contributed by atoms with Gasteiger partial charge in [0.2, 0.25) is 11.8 Å². The smallest absolute Gasteiger partial charge is 0.335 e. The molecule has 65 heavy (non-hydrogen) atoms. The molecule has 9 N–H and O–H groups in total. The number of rotatable bonds is 17. The summed E-state index contributed by atoms with van der Waals surface area (Å²) in [6.07, 6.45) is 1.36. The van der Waals surface area contributed by atoms with E-state index in [0.29, 0.717) is 6.42 Å². The number of nitro benzene ring substituents is 1. The van der Waals surface area contributed by atoms with Gasteiger partial charge in [0, 0.05) is 40.5 Å². The molecular formula is C45H38N8O12. The molecule has 0 aliphatic carbocycles. The zero-order chi connectivity index (χ0) is 46.8. The van der Waals surface area contributed by atoms with E-state index in [4.69, 9.17) is 15.6 Å². The predicted octanol–water partition coefficient (Wildman–Crippen LogP) is 5.71. The van der Waals surface area contributed by atoms with Crippen LogP contribution in [0.3, 0.4) is 0 Å². The molecule has 0 radical (unpaired) electrons. The summed E-state index contributed by atoms with van der Waals surface area (Å²) in [5, 5.41) is 44.7. The van der Waals surface area contributed by atoms with Gasteiger partial charge >= 0.3 is 5.97 Å². The number of aromatic carboxylic acids is 1. The highest BCUT2D eigenvalue weighted by molar-refractivity contribution is 6.14. The minimum Gasteiger partial charge on any atom is -0.504 e. The Hall–Kier alpha value is -9.20. The van der Waals surface area contributed by atoms with Crippen molar-refractivity contribution in [2.45, 2.75) is 25.8 Å². The molecule has 1 heterocycles. The van der Waals surface area contributed by atoms with Gasteiger partial charge in [0.1, 0.15) is 6.04 Å². The number of nitrogens with zero attached hydrogens (tertiary/aromatic N) is 2. The van der Waals surface area contributed by atoms with Crippen LogP contribution in [-0.2, 0) is 9.59 Å². The van der Waals surface area contributed by atoms with Gasteiger partial charge < -0.3 is 47.3 Å². The summed E-state index contributed by atoms with van der Waals surface area (Å²) in [6, 6.07) is 23.1. The van der Waals surface area contributed by atoms with Gasteiger partial charge in [-0.2, -0.15) is 0 Å². The molecule has 0 bridgehead atoms. The van der Waals surface area contributed by atoms with Gasteiger partial charge in [-0.05, 0) is 110 Å². The predicted molar refractivity (Wildman–Crippen MR) is 236 cm³/mol. The van der Waals surface area contributed by atoms with Crippen molar-refractivity contribution in [1.82, 2.24) is 10.3 Å². The molecule has 1 aromatic heterocycles. The minimum absolute atomic E-state index is 0.0152. The Morgan fingerprint density at radius 1 is 0.708 bits per heavy atom. The summed E-state index contributed by atoms with van der Waals surface area (Å²) < 4.78 is 5.71. The lowest BCUT2D eigenvalue weighted by Crippen LogP contribution is -2.46. The Kier molecular flexibility index (Phi) is 14.0. The van der Waals surface area contributed by atoms with E-state index in [1.54, 1.807) is 0 Å². The van der Waals surface area contributed by atoms with Gasteiger partial charge in [-0.25, -0.2) is 4.79 Å². The first-order chi connectivity index (χ1) is 31.1. The number of fused-ring (bicyclic) bond motifs is 1. The van der Waals surface area contributed by atoms with Gasteiger partial charge in [-0.3, -0.25) is 43.9 Å². The van der Waals surface area contributed by atoms with Crippen molar-refractivity contribution in [1.29, 1.82) is 0 Å². The number of phenolic OH excluding ortho intramolecular Hbond substituents is 1. The number of nitrogens with two attached hydrogens (primary N) is 1. The maximum absolute atomic E-state index is 13.3. The molecule has 0 spiro atoms. The second kappa shape index (κ2) is 20.1. The number of anilines is 4. The maximum Gasteiger partial charge on any atom is 0.335 e. The van der Waals surface area contributed by atoms with Gasteiger partial charge in [-0.1, -0.05) is 6.92 Å². The number of non-ortho nitro benzene ring substituents is 1. The SMILES string of the molecule is CCCOc1c(NC(=O)c2ccc(NC(=O)[C@H](CC(N)=O)NC(=O)c3ccc(NC(=O)c4ccc([N+](=O)[O-])c5cccnc45)cc3)cc2)ccc(C(=O)Nc2ccc(C(=O)O)cc2)c1O. The number of aromatic nitrogens is 1. The third kappa shape index (κ3) is 11.0. The fourth-order valence-electron chi connectivity index (χ4n) is 6.28. The van der Waals surface area contributed by atoms with Gasteiger partial charge in [0.05, 0.1) is 51.2 Å². The van der Waals surface area contributed by atoms with Crippen LogP contribution in [0.4, 0.5) is 28.4 Å². The molecule has 6 aromatic rings. The normalized spacial score (nSPS) is 11.1. The molecule has 20 heteroatoms. The van der Waals surface area contributed by atoms with Gasteiger partial charge in [0.25, 0.3) is 29.3 Å². The Morgan fingerprint density at radius 2 is 1.26 bits per heavy atom. The van der Waals surface area contributed by atoms with E-state index in [1.165, 1.54) is 115 Å². The van der Waals surface area contributed by atoms with E-state index >= 15 is 0 Å². The van der Waals surface area contributed by atoms with E-state index in [9.17, 15) is 48.8 Å². The van der Waals surface area contributed by atoms with Crippen molar-refractivity contribution < 1.29 is 53.4 Å². The number of pyridine rings is 1. The number of hydrogen-bond acceptors (Lipinski definition) is 12. The van der Waals surface area contributed by atoms with Gasteiger partial charge in [0.15, 0.2) is 11.5 Å². The highest BCUT2D eigenvalue weighted by atomic mass is 16.6. The van der Waals surface area contributed by atoms with Crippen molar-refractivity contribution >= 4 is 80.8 Å². The van der Waals surface area contributed by atoms with Crippen LogP contribution in [0, 0.1) is 10.1 Å². The molecule has 6 rings (SSSR count). The highest BCUT2D eigenvalue weighted by Gasteiger charge is 2.25. The molecule has 1 atom stereocenters. The molecule has 0 unspecified atom stereocenters. The fraction of sp³-hybridized carbons (Fsp3) is 0.111. The number of nitro groups is 1. The number of carboxylic acids is 1. The first kappa shape index (κ1) is 45.3. The fourth-order valence-corrected chi connectivity index (χ4v) is 6.28. The first-order valence-corrected chi connectivity index (χ1v) is 19.5. The van der Waals surface area contributed by atoms with Crippen molar-refractivity contribution in [3.05, 3.63) is 153 Å². The zero-order valence-corrected chi connectivity index (χ0v) is 34.1. The second-order valence-corrected chi connectivity index (χ2v) is 14.1. The maximum atomic E-state index is 13.3. The number of primary amides is 1. The minimum atomic E-state index is -1.43. The van der Waals surface area contributed by atoms with Crippen molar-refractivity contribution in [3.63, 3.8) is 0 Å². The number of benzene rings is 5. The molecule has 0 saturated carbocycles. The summed E-state index contributed by atoms with van der Waals surface area (Å²) in [4.78, 5) is 104. The molecule has 330 valence electrons. The van der Waals surface area contributed by atoms with Crippen molar-refractivity contribution in [2.24, 2.45) is 5.73 Å². The Labute approximate surface area is 368 Å². The first-order valence-electron chi connectivity index (χ1n) is 19.5. The van der Waals surface area contributed by atoms with Crippen LogP contribution >= 0.6 is 0 Å². The van der Waals surface area contributed by atoms with E-state index in [2.05, 4.69) is 31.6 Å². The standard InChI is InChI=1S/C45H38N8O12/c1-2-22-65-39-33(19-17-32(38(39)55)43(59)49-28-15-9-26(10-16-28)45(61)62)51-40(56)24-7-13-29(14-8-24)50-44(60)34(23-36(46)54)52-41(57)25-5-11-27(12-6-25)48-42(58)31-18-20-35(53(63)64)30-4-3-21-47-37(30)31/h3-21,34,55H,2,22-23H2,1H3,(H2,46,54)(H,48,58)(H,49,59)(H,50,60)(H,51,56)(H,52,57)(H,61,62)/t34-/m0/s1. The Bertz CT molecular complexity index is 2850. The number of aromatic hydroxyl groups is 1. The number of hydrogen-bond donors (Lipinski definition) is 8. The number of carbonyl (C=O) groups excluding carboxylic acids is 6. The van der Waals surface area contributed by atoms with Crippen LogP contribution in [0.15, 0.2) is 115 Å². The number of amides is 6. The largest absolute Gasteiger partial charge is 0.504 e. The third-order valence-corrected chi connectivity index (χ3v) is 9.50. The average molecular weight is 883 g/mol. The quantitative estimate of drug-likeness (QED) is 0.0403. The van der Waals surface area contributed by atoms with Crippen molar-refractivity contribution in [2.75, 3.05) is 27.9 Å². The molecular weight excluding hydrogens is 845 g/mol. The Balaban J connectivity index is 1.08. The summed E-state index contributed by atoms with van der Waals surface area (Å²) >= 11 is 0. The van der Waals surface area contributed by atoms with Crippen LogP contribution in [0.1, 0.15) is 71.6 Å². The van der Waals surface area contributed by atoms with Crippen LogP contribution in [-0.4, -0.2) is 74.2 Å². The van der Waals surface area contributed by atoms with Crippen molar-refractivity contribution in [3.8, 4) is 11.5 Å². The number of ether oxygens (including phenoxy) is 1. The molecule has 0 saturated heterocycles. The lowest BCUT2D eigenvalue weighted by Gasteiger charge is -2.18. The van der Waals surface area contributed by atoms with Crippen LogP contribution in [0.25, 0.3) is 10.9 Å². The molecule has 20 nitrogen and oxygen atoms in total. The van der Waals surface area contributed by atoms with Gasteiger partial charge in [-0.15, -0.1) is 0 Å². The lowest BCUT2D eigenvalue weighted by molar-refractivity contribution is -0.383. The number of carbonyl (C=O) groups is 7. The monoisotopic (exact) mass is 882 g/mol. The molecule has 0 fully saturated rings. The van der Waals surface area contributed by atoms with E-state index in [0.717, 1.165) is 0 Å². The third-order valence-electron chi connectivity index (χ3n) is 9.50. The van der Waals surface area contributed by atoms with E-state index in [1.807, 2.05) is 6.92 Å². The zero-order valence-electron chi connectivity index (χ0n) is 34.1. The summed E-state index contributed by atoms with van der Waals surface area (Å²) in [5.74, 6) is -6.31. The lowest BCUT2D eigenvalue weighted by atomic mass is 10.1. The summed E-state index contributed by atoms with van der Waals surface area (Å²) in [5.41, 5.74) is 6.14. The highest BCUT2D eigenvalue weighted by Crippen LogP contribution is 2.38. The summed E-state index contributed by atoms with van der Waals surface area (Å²) in [6.45, 7) is 1.94. The van der Waals surface area contributed by atoms with E-state index in [-0.39, 0.29) is 79.5 Å². The van der Waals surface area contributed by atoms with E-state index < -0.39 is 64.5 Å². The molecule has 0 aliphatic rings. The number of nitrogens with one attached hydrogen (secondary N) is 5. The topological polar surface area (TPSA) is 311 Å². The number of carboxylic acid groups (broad SMARTS) is 1. The van der Waals surface area contributed by atoms with Crippen LogP contribution in [0.5, 0.6) is 11.5 Å².